The number of benzene rings is 4. The average Bonchev–Trinajstić information content (AvgIpc) is 2.95. The maximum atomic E-state index is 11.8. The molecule has 1 atom stereocenters. The first kappa shape index (κ1) is 31.5. The van der Waals surface area contributed by atoms with Gasteiger partial charge in [-0.15, -0.1) is 0 Å². The summed E-state index contributed by atoms with van der Waals surface area (Å²) in [5, 5.41) is 2.61. The monoisotopic (exact) mass is 665 g/mol. The molecule has 0 saturated heterocycles. The molecule has 0 aliphatic heterocycles. The molecule has 0 amide bonds. The van der Waals surface area contributed by atoms with Gasteiger partial charge in [0.25, 0.3) is 0 Å². The van der Waals surface area contributed by atoms with E-state index >= 15 is 0 Å². The molecule has 4 nitrogen and oxygen atoms in total. The Morgan fingerprint density at radius 2 is 0.974 bits per heavy atom. The minimum atomic E-state index is -2.61. The van der Waals surface area contributed by atoms with Gasteiger partial charge in [0.15, 0.2) is 0 Å². The molecule has 1 unspecified atom stereocenters. The fourth-order valence-corrected chi connectivity index (χ4v) is 5.64. The van der Waals surface area contributed by atoms with Crippen molar-refractivity contribution in [2.24, 2.45) is 0 Å². The number of rotatable bonds is 6. The normalized spacial score (nSPS) is 12.0. The third kappa shape index (κ3) is 9.52. The van der Waals surface area contributed by atoms with Crippen LogP contribution in [0.15, 0.2) is 97.1 Å². The zero-order valence-electron chi connectivity index (χ0n) is 21.2. The van der Waals surface area contributed by atoms with Crippen molar-refractivity contribution in [2.45, 2.75) is 0 Å². The van der Waals surface area contributed by atoms with Crippen LogP contribution in [0.25, 0.3) is 22.3 Å². The second kappa shape index (κ2) is 14.5. The molecule has 4 aromatic rings. The second-order valence-electron chi connectivity index (χ2n) is 8.23. The van der Waals surface area contributed by atoms with Gasteiger partial charge < -0.3 is 9.47 Å². The van der Waals surface area contributed by atoms with Gasteiger partial charge in [-0.05, 0) is 76.9 Å². The summed E-state index contributed by atoms with van der Waals surface area (Å²) in [6, 6.07) is 32.1. The summed E-state index contributed by atoms with van der Waals surface area (Å²) in [7, 11) is 19.0. The fraction of sp³-hybridized carbons (Fsp3) is 0.103. The van der Waals surface area contributed by atoms with Crippen molar-refractivity contribution >= 4 is 70.9 Å². The van der Waals surface area contributed by atoms with E-state index in [1.165, 1.54) is 24.8 Å². The van der Waals surface area contributed by atoms with Crippen molar-refractivity contribution in [1.29, 1.82) is 0 Å². The Labute approximate surface area is 249 Å². The van der Waals surface area contributed by atoms with E-state index in [2.05, 4.69) is 49.1 Å². The van der Waals surface area contributed by atoms with E-state index in [-0.39, 0.29) is 11.9 Å². The molecule has 0 fully saturated rings. The third-order valence-electron chi connectivity index (χ3n) is 5.85. The van der Waals surface area contributed by atoms with E-state index in [1.807, 2.05) is 30.3 Å². The molecule has 4 aromatic carbocycles. The van der Waals surface area contributed by atoms with Crippen molar-refractivity contribution in [3.8, 4) is 22.3 Å². The quantitative estimate of drug-likeness (QED) is 0.118. The number of hydrogen-bond acceptors (Lipinski definition) is 4. The van der Waals surface area contributed by atoms with E-state index in [9.17, 15) is 9.59 Å². The topological polar surface area (TPSA) is 52.6 Å². The molecule has 10 heteroatoms. The summed E-state index contributed by atoms with van der Waals surface area (Å²) >= 11 is 0. The Balaban J connectivity index is 0.000000771. The number of ether oxygens (including phenoxy) is 2. The predicted molar refractivity (Wildman–Crippen MR) is 163 cm³/mol. The first-order valence-corrected chi connectivity index (χ1v) is 19.5. The van der Waals surface area contributed by atoms with E-state index < -0.39 is 17.1 Å². The average molecular weight is 667 g/mol. The summed E-state index contributed by atoms with van der Waals surface area (Å²) in [4.78, 5) is 23.7. The predicted octanol–water partition coefficient (Wildman–Crippen LogP) is 8.14. The molecule has 39 heavy (non-hydrogen) atoms. The molecule has 4 rings (SSSR count). The molecule has 0 N–H and O–H groups in total. The first-order chi connectivity index (χ1) is 18.5. The van der Waals surface area contributed by atoms with Crippen LogP contribution in [0.5, 0.6) is 0 Å². The van der Waals surface area contributed by atoms with E-state index in [4.69, 9.17) is 49.9 Å². The van der Waals surface area contributed by atoms with Crippen LogP contribution in [-0.4, -0.2) is 32.8 Å². The van der Waals surface area contributed by atoms with Crippen molar-refractivity contribution < 1.29 is 28.3 Å². The summed E-state index contributed by atoms with van der Waals surface area (Å²) in [6.45, 7) is 2.30. The molecule has 0 aromatic heterocycles. The van der Waals surface area contributed by atoms with E-state index in [1.54, 1.807) is 24.3 Å². The summed E-state index contributed by atoms with van der Waals surface area (Å²) < 4.78 is 9.65. The van der Waals surface area contributed by atoms with Crippen molar-refractivity contribution in [3.05, 3.63) is 108 Å². The van der Waals surface area contributed by atoms with Crippen LogP contribution in [-0.2, 0) is 18.7 Å². The summed E-state index contributed by atoms with van der Waals surface area (Å²) in [5.41, 5.74) is 5.22. The van der Waals surface area contributed by atoms with Gasteiger partial charge in [0, 0.05) is 0 Å². The van der Waals surface area contributed by atoms with Crippen LogP contribution in [0.4, 0.5) is 0 Å². The van der Waals surface area contributed by atoms with E-state index in [0.717, 1.165) is 22.3 Å². The molecule has 0 bridgehead atoms. The molecule has 0 saturated carbocycles. The number of carbonyl (C=O) groups is 2. The van der Waals surface area contributed by atoms with Crippen molar-refractivity contribution in [2.75, 3.05) is 20.9 Å². The van der Waals surface area contributed by atoms with Gasteiger partial charge in [-0.25, -0.2) is 9.59 Å². The third-order valence-corrected chi connectivity index (χ3v) is 8.21. The standard InChI is InChI=1S/C29H25O4P.4ClH.Fe/c1-32-28(30)22-13-9-20(10-14-22)24-17-25(21-11-15-23(16-12-21)29(31)33-2)19-27(18-24)34(3)26-7-5-4-6-8-26;;;;;/h4-19H,1-3H3;4*1H;/q;;;;;+3/p-3. The Morgan fingerprint density at radius 3 is 1.33 bits per heavy atom. The van der Waals surface area contributed by atoms with Gasteiger partial charge in [0.1, 0.15) is 0 Å². The van der Waals surface area contributed by atoms with Crippen LogP contribution in [0.2, 0.25) is 0 Å². The number of carbonyl (C=O) groups excluding carboxylic acids is 2. The SMILES string of the molecule is COC(=O)c1ccc(-c2cc(-c3ccc(C(=O)OC)cc3)cc([PH+](C)c3ccccc3)c2)cc1.[Cl][Fe-]([Cl])([Cl])[Cl]. The number of esters is 2. The zero-order chi connectivity index (χ0) is 28.6. The van der Waals surface area contributed by atoms with Gasteiger partial charge >= 0.3 is 61.5 Å². The van der Waals surface area contributed by atoms with Crippen LogP contribution < -0.4 is 10.6 Å². The Bertz CT molecular complexity index is 1330. The summed E-state index contributed by atoms with van der Waals surface area (Å²) in [5.74, 6) is -0.704. The molecule has 0 heterocycles. The van der Waals surface area contributed by atoms with Gasteiger partial charge in [0.2, 0.25) is 0 Å². The van der Waals surface area contributed by atoms with Crippen molar-refractivity contribution in [3.63, 3.8) is 0 Å². The molecular formula is C29H26Cl4FeO4P. The molecule has 207 valence electrons. The van der Waals surface area contributed by atoms with Gasteiger partial charge in [-0.2, -0.15) is 0 Å². The first-order valence-electron chi connectivity index (χ1n) is 11.5. The van der Waals surface area contributed by atoms with Gasteiger partial charge in [-0.3, -0.25) is 0 Å². The molecule has 0 spiro atoms. The maximum absolute atomic E-state index is 11.8. The number of methoxy groups -OCH3 is 2. The van der Waals surface area contributed by atoms with Crippen molar-refractivity contribution in [1.82, 2.24) is 0 Å². The second-order valence-corrected chi connectivity index (χ2v) is 21.6. The fourth-order valence-electron chi connectivity index (χ4n) is 3.87. The molecule has 0 aliphatic carbocycles. The zero-order valence-corrected chi connectivity index (χ0v) is 26.4. The Morgan fingerprint density at radius 1 is 0.590 bits per heavy atom. The van der Waals surface area contributed by atoms with Crippen LogP contribution in [0, 0.1) is 0 Å². The number of halogens is 4. The Hall–Kier alpha value is -2.07. The van der Waals surface area contributed by atoms with Gasteiger partial charge in [0.05, 0.1) is 50.5 Å². The van der Waals surface area contributed by atoms with Gasteiger partial charge in [-0.1, -0.05) is 42.5 Å². The number of hydrogen-bond donors (Lipinski definition) is 0. The minimum absolute atomic E-state index is 0.352. The molecule has 0 radical (unpaired) electrons. The van der Waals surface area contributed by atoms with Crippen LogP contribution in [0.3, 0.4) is 0 Å². The molecule has 0 aliphatic rings. The van der Waals surface area contributed by atoms with Crippen LogP contribution >= 0.6 is 48.3 Å². The molecular weight excluding hydrogens is 641 g/mol. The van der Waals surface area contributed by atoms with E-state index in [0.29, 0.717) is 11.1 Å². The van der Waals surface area contributed by atoms with Crippen LogP contribution in [0.1, 0.15) is 20.7 Å². The summed E-state index contributed by atoms with van der Waals surface area (Å²) in [6.07, 6.45) is 0. The Kier molecular flexibility index (Phi) is 11.7.